The molecule has 1 atom stereocenters. The van der Waals surface area contributed by atoms with Gasteiger partial charge in [-0.15, -0.1) is 0 Å². The van der Waals surface area contributed by atoms with Gasteiger partial charge in [0, 0.05) is 13.1 Å². The summed E-state index contributed by atoms with van der Waals surface area (Å²) in [6, 6.07) is 5.62. The molecule has 1 amide bonds. The lowest BCUT2D eigenvalue weighted by Crippen LogP contribution is -2.31. The van der Waals surface area contributed by atoms with E-state index in [2.05, 4.69) is 20.6 Å². The highest BCUT2D eigenvalue weighted by molar-refractivity contribution is 5.79. The number of nitrogens with one attached hydrogen (secondary N) is 4. The minimum Gasteiger partial charge on any atom is -0.352 e. The number of fused-ring (bicyclic) bond motifs is 1. The van der Waals surface area contributed by atoms with Crippen molar-refractivity contribution in [1.29, 1.82) is 0 Å². The van der Waals surface area contributed by atoms with Crippen molar-refractivity contribution in [2.75, 3.05) is 13.1 Å². The summed E-state index contributed by atoms with van der Waals surface area (Å²) in [6.45, 7) is 2.16. The van der Waals surface area contributed by atoms with Gasteiger partial charge < -0.3 is 20.6 Å². The van der Waals surface area contributed by atoms with E-state index in [1.807, 2.05) is 18.2 Å². The van der Waals surface area contributed by atoms with Gasteiger partial charge >= 0.3 is 5.69 Å². The Morgan fingerprint density at radius 2 is 2.16 bits per heavy atom. The Kier molecular flexibility index (Phi) is 3.08. The summed E-state index contributed by atoms with van der Waals surface area (Å²) in [4.78, 5) is 28.4. The molecule has 0 spiro atoms. The van der Waals surface area contributed by atoms with Crippen LogP contribution in [0.4, 0.5) is 0 Å². The van der Waals surface area contributed by atoms with Crippen LogP contribution in [0.25, 0.3) is 11.0 Å². The Labute approximate surface area is 109 Å². The van der Waals surface area contributed by atoms with Crippen LogP contribution in [0.2, 0.25) is 0 Å². The average Bonchev–Trinajstić information content (AvgIpc) is 3.03. The van der Waals surface area contributed by atoms with Crippen molar-refractivity contribution in [3.05, 3.63) is 34.2 Å². The van der Waals surface area contributed by atoms with E-state index in [9.17, 15) is 9.59 Å². The molecule has 4 N–H and O–H groups in total. The predicted molar refractivity (Wildman–Crippen MR) is 71.7 cm³/mol. The SMILES string of the molecule is O=C(NCc1ccc2[nH]c(=O)[nH]c2c1)C1CCNC1. The largest absolute Gasteiger partial charge is 0.352 e. The second-order valence-electron chi connectivity index (χ2n) is 4.87. The van der Waals surface area contributed by atoms with Crippen LogP contribution in [0.5, 0.6) is 0 Å². The molecule has 0 aliphatic carbocycles. The van der Waals surface area contributed by atoms with Crippen LogP contribution in [0.3, 0.4) is 0 Å². The summed E-state index contributed by atoms with van der Waals surface area (Å²) in [5.41, 5.74) is 2.30. The third-order valence-corrected chi connectivity index (χ3v) is 3.48. The van der Waals surface area contributed by atoms with Crippen molar-refractivity contribution in [1.82, 2.24) is 20.6 Å². The van der Waals surface area contributed by atoms with Gasteiger partial charge in [-0.05, 0) is 30.7 Å². The van der Waals surface area contributed by atoms with E-state index in [4.69, 9.17) is 0 Å². The van der Waals surface area contributed by atoms with Gasteiger partial charge in [0.25, 0.3) is 0 Å². The molecule has 1 aliphatic heterocycles. The number of rotatable bonds is 3. The molecule has 1 aliphatic rings. The van der Waals surface area contributed by atoms with Crippen LogP contribution in [-0.4, -0.2) is 29.0 Å². The molecule has 0 bridgehead atoms. The van der Waals surface area contributed by atoms with Crippen LogP contribution in [0, 0.1) is 5.92 Å². The Bertz CT molecular complexity index is 652. The number of H-pyrrole nitrogens is 2. The molecule has 1 aromatic heterocycles. The highest BCUT2D eigenvalue weighted by Gasteiger charge is 2.21. The summed E-state index contributed by atoms with van der Waals surface area (Å²) < 4.78 is 0. The van der Waals surface area contributed by atoms with Crippen molar-refractivity contribution < 1.29 is 4.79 Å². The zero-order chi connectivity index (χ0) is 13.2. The summed E-state index contributed by atoms with van der Waals surface area (Å²) in [6.07, 6.45) is 0.899. The fraction of sp³-hybridized carbons (Fsp3) is 0.385. The molecule has 3 rings (SSSR count). The molecule has 0 radical (unpaired) electrons. The topological polar surface area (TPSA) is 89.8 Å². The van der Waals surface area contributed by atoms with Crippen LogP contribution in [0.1, 0.15) is 12.0 Å². The molecule has 1 fully saturated rings. The van der Waals surface area contributed by atoms with Crippen LogP contribution in [-0.2, 0) is 11.3 Å². The van der Waals surface area contributed by atoms with Gasteiger partial charge in [-0.2, -0.15) is 0 Å². The van der Waals surface area contributed by atoms with E-state index in [1.165, 1.54) is 0 Å². The molecule has 19 heavy (non-hydrogen) atoms. The molecule has 1 saturated heterocycles. The fourth-order valence-corrected chi connectivity index (χ4v) is 2.40. The first-order chi connectivity index (χ1) is 9.22. The third-order valence-electron chi connectivity index (χ3n) is 3.48. The molecule has 2 aromatic rings. The first-order valence-electron chi connectivity index (χ1n) is 6.42. The first kappa shape index (κ1) is 12.0. The Balaban J connectivity index is 1.67. The first-order valence-corrected chi connectivity index (χ1v) is 6.42. The van der Waals surface area contributed by atoms with Crippen LogP contribution < -0.4 is 16.3 Å². The van der Waals surface area contributed by atoms with Crippen molar-refractivity contribution in [2.24, 2.45) is 5.92 Å². The Morgan fingerprint density at radius 1 is 1.32 bits per heavy atom. The zero-order valence-electron chi connectivity index (χ0n) is 10.5. The minimum absolute atomic E-state index is 0.0794. The summed E-state index contributed by atoms with van der Waals surface area (Å²) >= 11 is 0. The zero-order valence-corrected chi connectivity index (χ0v) is 10.5. The minimum atomic E-state index is -0.215. The number of imidazole rings is 1. The van der Waals surface area contributed by atoms with Gasteiger partial charge in [0.1, 0.15) is 0 Å². The second-order valence-corrected chi connectivity index (χ2v) is 4.87. The molecule has 1 unspecified atom stereocenters. The van der Waals surface area contributed by atoms with E-state index in [0.717, 1.165) is 36.1 Å². The van der Waals surface area contributed by atoms with Crippen LogP contribution in [0.15, 0.2) is 23.0 Å². The van der Waals surface area contributed by atoms with Gasteiger partial charge in [-0.3, -0.25) is 4.79 Å². The number of aromatic amines is 2. The van der Waals surface area contributed by atoms with E-state index in [-0.39, 0.29) is 17.5 Å². The lowest BCUT2D eigenvalue weighted by atomic mass is 10.1. The second kappa shape index (κ2) is 4.89. The summed E-state index contributed by atoms with van der Waals surface area (Å²) in [5.74, 6) is 0.170. The highest BCUT2D eigenvalue weighted by Crippen LogP contribution is 2.11. The maximum absolute atomic E-state index is 11.9. The van der Waals surface area contributed by atoms with Crippen molar-refractivity contribution in [2.45, 2.75) is 13.0 Å². The average molecular weight is 260 g/mol. The lowest BCUT2D eigenvalue weighted by Gasteiger charge is -2.09. The molecular formula is C13H16N4O2. The summed E-state index contributed by atoms with van der Waals surface area (Å²) in [7, 11) is 0. The van der Waals surface area contributed by atoms with Gasteiger partial charge in [0.2, 0.25) is 5.91 Å². The Hall–Kier alpha value is -2.08. The normalized spacial score (nSPS) is 18.8. The number of hydrogen-bond donors (Lipinski definition) is 4. The molecular weight excluding hydrogens is 244 g/mol. The highest BCUT2D eigenvalue weighted by atomic mass is 16.2. The van der Waals surface area contributed by atoms with E-state index < -0.39 is 0 Å². The molecule has 6 nitrogen and oxygen atoms in total. The van der Waals surface area contributed by atoms with Crippen LogP contribution >= 0.6 is 0 Å². The molecule has 6 heteroatoms. The van der Waals surface area contributed by atoms with E-state index >= 15 is 0 Å². The van der Waals surface area contributed by atoms with Gasteiger partial charge in [-0.25, -0.2) is 4.79 Å². The van der Waals surface area contributed by atoms with Gasteiger partial charge in [-0.1, -0.05) is 6.07 Å². The summed E-state index contributed by atoms with van der Waals surface area (Å²) in [5, 5.41) is 6.10. The lowest BCUT2D eigenvalue weighted by molar-refractivity contribution is -0.124. The Morgan fingerprint density at radius 3 is 2.95 bits per heavy atom. The van der Waals surface area contributed by atoms with E-state index in [1.54, 1.807) is 0 Å². The smallest absolute Gasteiger partial charge is 0.323 e. The molecule has 0 saturated carbocycles. The number of hydrogen-bond acceptors (Lipinski definition) is 3. The van der Waals surface area contributed by atoms with Crippen molar-refractivity contribution in [3.63, 3.8) is 0 Å². The van der Waals surface area contributed by atoms with Crippen molar-refractivity contribution in [3.8, 4) is 0 Å². The van der Waals surface area contributed by atoms with Gasteiger partial charge in [0.05, 0.1) is 17.0 Å². The number of carbonyl (C=O) groups is 1. The molecule has 100 valence electrons. The number of aromatic nitrogens is 2. The fourth-order valence-electron chi connectivity index (χ4n) is 2.40. The maximum Gasteiger partial charge on any atom is 0.323 e. The maximum atomic E-state index is 11.9. The quantitative estimate of drug-likeness (QED) is 0.630. The monoisotopic (exact) mass is 260 g/mol. The van der Waals surface area contributed by atoms with Gasteiger partial charge in [0.15, 0.2) is 0 Å². The molecule has 2 heterocycles. The number of benzene rings is 1. The number of carbonyl (C=O) groups excluding carboxylic acids is 1. The standard InChI is InChI=1S/C13H16N4O2/c18-12(9-3-4-14-7-9)15-6-8-1-2-10-11(5-8)17-13(19)16-10/h1-2,5,9,14H,3-4,6-7H2,(H,15,18)(H2,16,17,19). The predicted octanol–water partition coefficient (Wildman–Crippen LogP) is 0.0819. The third kappa shape index (κ3) is 2.53. The molecule has 1 aromatic carbocycles. The number of amides is 1. The van der Waals surface area contributed by atoms with E-state index in [0.29, 0.717) is 6.54 Å². The van der Waals surface area contributed by atoms with Crippen molar-refractivity contribution >= 4 is 16.9 Å².